The molecule has 2 aliphatic heterocycles. The van der Waals surface area contributed by atoms with Gasteiger partial charge in [0.25, 0.3) is 0 Å². The summed E-state index contributed by atoms with van der Waals surface area (Å²) in [5.41, 5.74) is 0.505. The number of fused-ring (bicyclic) bond motifs is 2. The SMILES string of the molecule is CC(C(=O)NC1C(=O)N2[C@@H]1SC(C)(C)[C@@H]2C(=O)O)n1ccc(=O)c2ccccc21. The average molecular weight is 415 g/mol. The van der Waals surface area contributed by atoms with Crippen LogP contribution >= 0.6 is 11.8 Å². The van der Waals surface area contributed by atoms with Gasteiger partial charge in [-0.1, -0.05) is 12.1 Å². The first-order valence-corrected chi connectivity index (χ1v) is 10.1. The first-order valence-electron chi connectivity index (χ1n) is 9.26. The number of carboxylic acids is 1. The third-order valence-electron chi connectivity index (χ3n) is 5.60. The van der Waals surface area contributed by atoms with Gasteiger partial charge in [0.05, 0.1) is 5.52 Å². The first-order chi connectivity index (χ1) is 13.6. The highest BCUT2D eigenvalue weighted by Gasteiger charge is 2.64. The molecule has 0 saturated carbocycles. The minimum absolute atomic E-state index is 0.126. The van der Waals surface area contributed by atoms with Gasteiger partial charge in [-0.05, 0) is 32.9 Å². The van der Waals surface area contributed by atoms with Gasteiger partial charge in [-0.15, -0.1) is 11.8 Å². The van der Waals surface area contributed by atoms with E-state index in [9.17, 15) is 24.3 Å². The largest absolute Gasteiger partial charge is 0.480 e. The van der Waals surface area contributed by atoms with Crippen molar-refractivity contribution < 1.29 is 19.5 Å². The Morgan fingerprint density at radius 2 is 1.90 bits per heavy atom. The van der Waals surface area contributed by atoms with Crippen LogP contribution in [-0.2, 0) is 14.4 Å². The van der Waals surface area contributed by atoms with Gasteiger partial charge in [-0.3, -0.25) is 14.4 Å². The van der Waals surface area contributed by atoms with Gasteiger partial charge < -0.3 is 19.9 Å². The highest BCUT2D eigenvalue weighted by molar-refractivity contribution is 8.01. The summed E-state index contributed by atoms with van der Waals surface area (Å²) in [5.74, 6) is -1.80. The molecule has 1 aromatic heterocycles. The van der Waals surface area contributed by atoms with Crippen LogP contribution < -0.4 is 10.7 Å². The molecular weight excluding hydrogens is 394 g/mol. The Morgan fingerprint density at radius 1 is 1.21 bits per heavy atom. The molecule has 0 aliphatic carbocycles. The molecule has 4 rings (SSSR count). The van der Waals surface area contributed by atoms with E-state index in [1.807, 2.05) is 0 Å². The number of carboxylic acid groups (broad SMARTS) is 1. The number of carbonyl (C=O) groups is 3. The van der Waals surface area contributed by atoms with Crippen LogP contribution in [0.15, 0.2) is 41.3 Å². The number of benzene rings is 1. The normalized spacial score (nSPS) is 26.0. The van der Waals surface area contributed by atoms with E-state index in [0.717, 1.165) is 0 Å². The van der Waals surface area contributed by atoms with Crippen LogP contribution in [-0.4, -0.2) is 54.6 Å². The molecule has 2 amide bonds. The van der Waals surface area contributed by atoms with Crippen molar-refractivity contribution >= 4 is 40.4 Å². The van der Waals surface area contributed by atoms with Crippen molar-refractivity contribution in [1.82, 2.24) is 14.8 Å². The molecule has 3 heterocycles. The second kappa shape index (κ2) is 6.62. The molecule has 0 radical (unpaired) electrons. The van der Waals surface area contributed by atoms with Crippen LogP contribution in [0.3, 0.4) is 0 Å². The molecule has 1 aromatic carbocycles. The predicted molar refractivity (Wildman–Crippen MR) is 109 cm³/mol. The zero-order valence-corrected chi connectivity index (χ0v) is 17.0. The maximum atomic E-state index is 12.9. The number of β-lactam (4-membered cyclic amide) rings is 1. The first kappa shape index (κ1) is 19.5. The molecule has 2 fully saturated rings. The third-order valence-corrected chi connectivity index (χ3v) is 7.18. The second-order valence-electron chi connectivity index (χ2n) is 7.86. The molecule has 2 unspecified atom stereocenters. The Morgan fingerprint density at radius 3 is 2.59 bits per heavy atom. The minimum atomic E-state index is -1.05. The summed E-state index contributed by atoms with van der Waals surface area (Å²) in [7, 11) is 0. The Balaban J connectivity index is 1.56. The number of hydrogen-bond donors (Lipinski definition) is 2. The fourth-order valence-corrected chi connectivity index (χ4v) is 5.73. The number of para-hydroxylation sites is 1. The highest BCUT2D eigenvalue weighted by atomic mass is 32.2. The van der Waals surface area contributed by atoms with Crippen molar-refractivity contribution in [3.8, 4) is 0 Å². The number of thioether (sulfide) groups is 1. The molecule has 2 saturated heterocycles. The molecule has 8 nitrogen and oxygen atoms in total. The van der Waals surface area contributed by atoms with Gasteiger partial charge >= 0.3 is 5.97 Å². The van der Waals surface area contributed by atoms with Gasteiger partial charge in [0.1, 0.15) is 23.5 Å². The van der Waals surface area contributed by atoms with E-state index in [-0.39, 0.29) is 17.2 Å². The van der Waals surface area contributed by atoms with E-state index in [1.165, 1.54) is 22.7 Å². The summed E-state index contributed by atoms with van der Waals surface area (Å²) in [5, 5.41) is 12.4. The predicted octanol–water partition coefficient (Wildman–Crippen LogP) is 1.19. The van der Waals surface area contributed by atoms with Crippen LogP contribution in [0.4, 0.5) is 0 Å². The summed E-state index contributed by atoms with van der Waals surface area (Å²) in [6.45, 7) is 5.27. The molecule has 0 bridgehead atoms. The van der Waals surface area contributed by atoms with Gasteiger partial charge in [0.2, 0.25) is 11.8 Å². The molecule has 0 spiro atoms. The smallest absolute Gasteiger partial charge is 0.327 e. The topological polar surface area (TPSA) is 109 Å². The van der Waals surface area contributed by atoms with Crippen LogP contribution in [0.5, 0.6) is 0 Å². The van der Waals surface area contributed by atoms with E-state index in [1.54, 1.807) is 55.8 Å². The van der Waals surface area contributed by atoms with Crippen molar-refractivity contribution in [2.75, 3.05) is 0 Å². The number of rotatable bonds is 4. The van der Waals surface area contributed by atoms with Gasteiger partial charge in [-0.2, -0.15) is 0 Å². The van der Waals surface area contributed by atoms with Crippen molar-refractivity contribution in [1.29, 1.82) is 0 Å². The number of aliphatic carboxylic acids is 1. The molecule has 152 valence electrons. The summed E-state index contributed by atoms with van der Waals surface area (Å²) in [6.07, 6.45) is 1.57. The van der Waals surface area contributed by atoms with Crippen molar-refractivity contribution in [2.24, 2.45) is 0 Å². The zero-order valence-electron chi connectivity index (χ0n) is 16.2. The van der Waals surface area contributed by atoms with Gasteiger partial charge in [0.15, 0.2) is 5.43 Å². The van der Waals surface area contributed by atoms with E-state index < -0.39 is 34.2 Å². The zero-order chi connectivity index (χ0) is 21.1. The molecule has 2 aromatic rings. The Bertz CT molecular complexity index is 1090. The maximum Gasteiger partial charge on any atom is 0.327 e. The Labute approximate surface area is 170 Å². The van der Waals surface area contributed by atoms with Crippen LogP contribution in [0.2, 0.25) is 0 Å². The number of hydrogen-bond acceptors (Lipinski definition) is 5. The third kappa shape index (κ3) is 2.91. The number of nitrogens with one attached hydrogen (secondary N) is 1. The number of pyridine rings is 1. The quantitative estimate of drug-likeness (QED) is 0.727. The number of carbonyl (C=O) groups excluding carboxylic acids is 2. The van der Waals surface area contributed by atoms with Gasteiger partial charge in [0, 0.05) is 22.4 Å². The Hall–Kier alpha value is -2.81. The molecule has 4 atom stereocenters. The molecule has 9 heteroatoms. The summed E-state index contributed by atoms with van der Waals surface area (Å²) < 4.78 is 1.05. The van der Waals surface area contributed by atoms with Crippen molar-refractivity contribution in [3.05, 3.63) is 46.8 Å². The van der Waals surface area contributed by atoms with E-state index in [4.69, 9.17) is 0 Å². The summed E-state index contributed by atoms with van der Waals surface area (Å²) in [6, 6.07) is 6.10. The maximum absolute atomic E-state index is 12.9. The number of amides is 2. The molecule has 2 aliphatic rings. The van der Waals surface area contributed by atoms with Crippen LogP contribution in [0, 0.1) is 0 Å². The lowest BCUT2D eigenvalue weighted by atomic mass is 9.96. The van der Waals surface area contributed by atoms with Gasteiger partial charge in [-0.25, -0.2) is 4.79 Å². The second-order valence-corrected chi connectivity index (χ2v) is 9.64. The standard InChI is InChI=1S/C20H21N3O5S/c1-10(22-9-8-13(24)11-6-4-5-7-12(11)22)16(25)21-14-17(26)23-15(19(27)28)20(2,3)29-18(14)23/h4-10,14-15,18H,1-3H3,(H,21,25)(H,27,28)/t10?,14?,15-,18+/m0/s1. The number of nitrogens with zero attached hydrogens (tertiary/aromatic N) is 2. The lowest BCUT2D eigenvalue weighted by molar-refractivity contribution is -0.161. The highest BCUT2D eigenvalue weighted by Crippen LogP contribution is 2.50. The fraction of sp³-hybridized carbons (Fsp3) is 0.400. The Kier molecular flexibility index (Phi) is 4.45. The average Bonchev–Trinajstić information content (AvgIpc) is 2.94. The lowest BCUT2D eigenvalue weighted by Gasteiger charge is -2.43. The van der Waals surface area contributed by atoms with Crippen molar-refractivity contribution in [3.63, 3.8) is 0 Å². The lowest BCUT2D eigenvalue weighted by Crippen LogP contribution is -2.71. The van der Waals surface area contributed by atoms with Crippen LogP contribution in [0.1, 0.15) is 26.8 Å². The van der Waals surface area contributed by atoms with E-state index >= 15 is 0 Å². The van der Waals surface area contributed by atoms with Crippen LogP contribution in [0.25, 0.3) is 10.9 Å². The minimum Gasteiger partial charge on any atom is -0.480 e. The molecule has 2 N–H and O–H groups in total. The number of aromatic nitrogens is 1. The monoisotopic (exact) mass is 415 g/mol. The molecule has 29 heavy (non-hydrogen) atoms. The molecular formula is C20H21N3O5S. The van der Waals surface area contributed by atoms with E-state index in [0.29, 0.717) is 10.9 Å². The fourth-order valence-electron chi connectivity index (χ4n) is 4.11. The van der Waals surface area contributed by atoms with Crippen molar-refractivity contribution in [2.45, 2.75) is 49.0 Å². The summed E-state index contributed by atoms with van der Waals surface area (Å²) in [4.78, 5) is 50.5. The van der Waals surface area contributed by atoms with E-state index in [2.05, 4.69) is 5.32 Å². The summed E-state index contributed by atoms with van der Waals surface area (Å²) >= 11 is 1.38.